The van der Waals surface area contributed by atoms with Crippen LogP contribution in [0.25, 0.3) is 5.65 Å². The highest BCUT2D eigenvalue weighted by molar-refractivity contribution is 5.78. The van der Waals surface area contributed by atoms with Gasteiger partial charge in [-0.1, -0.05) is 18.2 Å². The van der Waals surface area contributed by atoms with Crippen molar-refractivity contribution in [1.29, 1.82) is 0 Å². The summed E-state index contributed by atoms with van der Waals surface area (Å²) in [4.78, 5) is 28.7. The molecule has 3 heterocycles. The average Bonchev–Trinajstić information content (AvgIpc) is 3.00. The largest absolute Gasteiger partial charge is 0.351 e. The molecule has 0 N–H and O–H groups in total. The molecule has 1 amide bonds. The first-order valence-electron chi connectivity index (χ1n) is 8.89. The van der Waals surface area contributed by atoms with Crippen LogP contribution in [0.3, 0.4) is 0 Å². The predicted octanol–water partition coefficient (Wildman–Crippen LogP) is 0.980. The summed E-state index contributed by atoms with van der Waals surface area (Å²) in [6, 6.07) is 11.5. The molecule has 1 fully saturated rings. The van der Waals surface area contributed by atoms with Crippen molar-refractivity contribution in [3.63, 3.8) is 0 Å². The van der Waals surface area contributed by atoms with Gasteiger partial charge in [0.2, 0.25) is 5.91 Å². The molecule has 1 saturated heterocycles. The number of rotatable bonds is 4. The highest BCUT2D eigenvalue weighted by Crippen LogP contribution is 2.09. The molecular formula is C19H20FN5O2. The Morgan fingerprint density at radius 3 is 2.48 bits per heavy atom. The Bertz CT molecular complexity index is 1000. The molecule has 0 spiro atoms. The minimum atomic E-state index is -0.304. The summed E-state index contributed by atoms with van der Waals surface area (Å²) in [5.41, 5.74) is 1.26. The number of benzene rings is 1. The van der Waals surface area contributed by atoms with Crippen LogP contribution in [0.2, 0.25) is 0 Å². The second kappa shape index (κ2) is 7.32. The van der Waals surface area contributed by atoms with Crippen molar-refractivity contribution < 1.29 is 9.18 Å². The zero-order valence-corrected chi connectivity index (χ0v) is 14.8. The molecule has 27 heavy (non-hydrogen) atoms. The molecule has 0 bridgehead atoms. The van der Waals surface area contributed by atoms with Crippen molar-refractivity contribution >= 4 is 11.6 Å². The molecule has 3 aromatic rings. The second-order valence-corrected chi connectivity index (χ2v) is 6.65. The van der Waals surface area contributed by atoms with Gasteiger partial charge in [0, 0.05) is 32.4 Å². The summed E-state index contributed by atoms with van der Waals surface area (Å²) < 4.78 is 15.9. The summed E-state index contributed by atoms with van der Waals surface area (Å²) in [5, 5.41) is 4.34. The van der Waals surface area contributed by atoms with E-state index in [1.807, 2.05) is 11.0 Å². The van der Waals surface area contributed by atoms with E-state index in [1.54, 1.807) is 30.5 Å². The Kier molecular flexibility index (Phi) is 4.72. The number of amides is 1. The van der Waals surface area contributed by atoms with Gasteiger partial charge in [-0.05, 0) is 29.8 Å². The summed E-state index contributed by atoms with van der Waals surface area (Å²) >= 11 is 0. The number of carbonyl (C=O) groups excluding carboxylic acids is 1. The molecule has 0 atom stereocenters. The van der Waals surface area contributed by atoms with Crippen LogP contribution in [0.15, 0.2) is 53.5 Å². The minimum Gasteiger partial charge on any atom is -0.340 e. The van der Waals surface area contributed by atoms with E-state index in [-0.39, 0.29) is 23.8 Å². The van der Waals surface area contributed by atoms with Crippen LogP contribution in [0.4, 0.5) is 4.39 Å². The lowest BCUT2D eigenvalue weighted by Crippen LogP contribution is -2.50. The molecule has 0 radical (unpaired) electrons. The Morgan fingerprint density at radius 1 is 1.04 bits per heavy atom. The third kappa shape index (κ3) is 3.75. The maximum absolute atomic E-state index is 13.0. The van der Waals surface area contributed by atoms with Gasteiger partial charge >= 0.3 is 5.69 Å². The predicted molar refractivity (Wildman–Crippen MR) is 97.7 cm³/mol. The molecular weight excluding hydrogens is 349 g/mol. The van der Waals surface area contributed by atoms with Gasteiger partial charge in [0.05, 0.1) is 13.1 Å². The topological polar surface area (TPSA) is 62.9 Å². The number of nitrogens with zero attached hydrogens (tertiary/aromatic N) is 5. The summed E-state index contributed by atoms with van der Waals surface area (Å²) in [6.45, 7) is 2.95. The first-order valence-corrected chi connectivity index (χ1v) is 8.89. The lowest BCUT2D eigenvalue weighted by Gasteiger charge is -2.34. The number of pyridine rings is 1. The number of hydrogen-bond donors (Lipinski definition) is 0. The molecule has 2 aromatic heterocycles. The van der Waals surface area contributed by atoms with E-state index >= 15 is 0 Å². The maximum Gasteiger partial charge on any atom is 0.351 e. The van der Waals surface area contributed by atoms with Crippen molar-refractivity contribution in [2.45, 2.75) is 13.1 Å². The number of fused-ring (bicyclic) bond motifs is 1. The fraction of sp³-hybridized carbons (Fsp3) is 0.316. The zero-order valence-electron chi connectivity index (χ0n) is 14.8. The van der Waals surface area contributed by atoms with E-state index in [0.29, 0.717) is 38.5 Å². The third-order valence-electron chi connectivity index (χ3n) is 4.82. The van der Waals surface area contributed by atoms with Crippen molar-refractivity contribution in [1.82, 2.24) is 24.0 Å². The molecule has 0 saturated carbocycles. The van der Waals surface area contributed by atoms with Gasteiger partial charge in [-0.15, -0.1) is 5.10 Å². The second-order valence-electron chi connectivity index (χ2n) is 6.65. The molecule has 7 nitrogen and oxygen atoms in total. The van der Waals surface area contributed by atoms with Crippen molar-refractivity contribution in [3.05, 3.63) is 70.5 Å². The number of hydrogen-bond acceptors (Lipinski definition) is 4. The molecule has 0 unspecified atom stereocenters. The Hall–Kier alpha value is -3.00. The molecule has 140 valence electrons. The highest BCUT2D eigenvalue weighted by Gasteiger charge is 2.22. The number of piperazine rings is 1. The van der Waals surface area contributed by atoms with Crippen LogP contribution in [0.1, 0.15) is 5.56 Å². The van der Waals surface area contributed by atoms with Crippen LogP contribution in [-0.4, -0.2) is 56.1 Å². The van der Waals surface area contributed by atoms with Crippen LogP contribution >= 0.6 is 0 Å². The molecule has 8 heteroatoms. The number of carbonyl (C=O) groups is 1. The highest BCUT2D eigenvalue weighted by atomic mass is 19.1. The number of halogens is 1. The smallest absolute Gasteiger partial charge is 0.340 e. The normalized spacial score (nSPS) is 15.4. The minimum absolute atomic E-state index is 0.0335. The van der Waals surface area contributed by atoms with Crippen LogP contribution in [0.5, 0.6) is 0 Å². The van der Waals surface area contributed by atoms with E-state index in [4.69, 9.17) is 0 Å². The fourth-order valence-corrected chi connectivity index (χ4v) is 3.28. The lowest BCUT2D eigenvalue weighted by atomic mass is 10.1. The van der Waals surface area contributed by atoms with Gasteiger partial charge < -0.3 is 4.90 Å². The first-order chi connectivity index (χ1) is 13.1. The molecule has 1 aromatic carbocycles. The van der Waals surface area contributed by atoms with Gasteiger partial charge in [-0.25, -0.2) is 9.18 Å². The third-order valence-corrected chi connectivity index (χ3v) is 4.82. The van der Waals surface area contributed by atoms with Crippen molar-refractivity contribution in [3.8, 4) is 0 Å². The van der Waals surface area contributed by atoms with Crippen LogP contribution < -0.4 is 5.69 Å². The standard InChI is InChI=1S/C19H20FN5O2/c20-16-6-4-15(5-7-16)13-18(26)23-11-9-22(10-12-23)14-25-19(27)24-8-2-1-3-17(24)21-25/h1-8H,9-14H2. The van der Waals surface area contributed by atoms with E-state index in [2.05, 4.69) is 10.00 Å². The van der Waals surface area contributed by atoms with Gasteiger partial charge in [0.25, 0.3) is 0 Å². The average molecular weight is 369 g/mol. The van der Waals surface area contributed by atoms with E-state index in [1.165, 1.54) is 21.2 Å². The molecule has 0 aliphatic carbocycles. The molecule has 1 aliphatic rings. The fourth-order valence-electron chi connectivity index (χ4n) is 3.28. The summed E-state index contributed by atoms with van der Waals surface area (Å²) in [5.74, 6) is -0.270. The van der Waals surface area contributed by atoms with E-state index in [9.17, 15) is 14.0 Å². The lowest BCUT2D eigenvalue weighted by molar-refractivity contribution is -0.132. The molecule has 4 rings (SSSR count). The summed E-state index contributed by atoms with van der Waals surface area (Å²) in [6.07, 6.45) is 1.97. The van der Waals surface area contributed by atoms with E-state index < -0.39 is 0 Å². The quantitative estimate of drug-likeness (QED) is 0.688. The van der Waals surface area contributed by atoms with Crippen LogP contribution in [0, 0.1) is 5.82 Å². The van der Waals surface area contributed by atoms with Gasteiger partial charge in [-0.2, -0.15) is 4.68 Å². The van der Waals surface area contributed by atoms with Gasteiger partial charge in [-0.3, -0.25) is 14.1 Å². The number of aromatic nitrogens is 3. The van der Waals surface area contributed by atoms with Crippen LogP contribution in [-0.2, 0) is 17.9 Å². The Balaban J connectivity index is 1.34. The van der Waals surface area contributed by atoms with E-state index in [0.717, 1.165) is 5.56 Å². The summed E-state index contributed by atoms with van der Waals surface area (Å²) in [7, 11) is 0. The zero-order chi connectivity index (χ0) is 18.8. The SMILES string of the molecule is O=C(Cc1ccc(F)cc1)N1CCN(Cn2nc3ccccn3c2=O)CC1. The monoisotopic (exact) mass is 369 g/mol. The van der Waals surface area contributed by atoms with Gasteiger partial charge in [0.15, 0.2) is 5.65 Å². The first kappa shape index (κ1) is 17.4. The molecule has 1 aliphatic heterocycles. The Morgan fingerprint density at radius 2 is 1.78 bits per heavy atom. The Labute approximate surface area is 155 Å². The van der Waals surface area contributed by atoms with Crippen molar-refractivity contribution in [2.24, 2.45) is 0 Å². The maximum atomic E-state index is 13.0. The van der Waals surface area contributed by atoms with Crippen molar-refractivity contribution in [2.75, 3.05) is 26.2 Å². The van der Waals surface area contributed by atoms with Gasteiger partial charge in [0.1, 0.15) is 5.82 Å².